The molecule has 0 fully saturated rings. The van der Waals surface area contributed by atoms with Crippen LogP contribution in [0.15, 0.2) is 41.2 Å². The third-order valence-electron chi connectivity index (χ3n) is 4.01. The van der Waals surface area contributed by atoms with E-state index in [-0.39, 0.29) is 28.6 Å². The first-order valence-electron chi connectivity index (χ1n) is 7.55. The molecule has 3 heterocycles. The molecule has 6 nitrogen and oxygen atoms in total. The quantitative estimate of drug-likeness (QED) is 0.685. The molecule has 1 aliphatic heterocycles. The predicted octanol–water partition coefficient (Wildman–Crippen LogP) is 2.11. The normalized spacial score (nSPS) is 13.8. The van der Waals surface area contributed by atoms with Crippen LogP contribution < -0.4 is 5.56 Å². The highest BCUT2D eigenvalue weighted by molar-refractivity contribution is 7.19. The molecule has 0 bridgehead atoms. The summed E-state index contributed by atoms with van der Waals surface area (Å²) in [5.74, 6) is -0.815. The number of carbonyl (C=O) groups excluding carboxylic acids is 2. The summed E-state index contributed by atoms with van der Waals surface area (Å²) in [6.45, 7) is 2.09. The second-order valence-electron chi connectivity index (χ2n) is 5.52. The zero-order valence-electron chi connectivity index (χ0n) is 12.9. The molecule has 1 aromatic carbocycles. The number of rotatable bonds is 3. The van der Waals surface area contributed by atoms with Crippen molar-refractivity contribution in [2.45, 2.75) is 19.9 Å². The predicted molar refractivity (Wildman–Crippen MR) is 89.4 cm³/mol. The van der Waals surface area contributed by atoms with Crippen LogP contribution in [0.2, 0.25) is 0 Å². The molecular formula is C17H13N3O3S. The number of nitrogens with zero attached hydrogens (tertiary/aromatic N) is 3. The number of fused-ring (bicyclic) bond motifs is 3. The van der Waals surface area contributed by atoms with Crippen molar-refractivity contribution in [3.8, 4) is 0 Å². The lowest BCUT2D eigenvalue weighted by atomic mass is 10.2. The lowest BCUT2D eigenvalue weighted by Crippen LogP contribution is -2.30. The van der Waals surface area contributed by atoms with Gasteiger partial charge in [0.1, 0.15) is 10.6 Å². The van der Waals surface area contributed by atoms with Gasteiger partial charge in [-0.25, -0.2) is 9.38 Å². The highest BCUT2D eigenvalue weighted by atomic mass is 32.1. The lowest BCUT2D eigenvalue weighted by molar-refractivity contribution is 0.0641. The topological polar surface area (TPSA) is 71.8 Å². The van der Waals surface area contributed by atoms with Gasteiger partial charge in [0.15, 0.2) is 4.96 Å². The van der Waals surface area contributed by atoms with E-state index in [9.17, 15) is 14.4 Å². The molecule has 2 amide bonds. The van der Waals surface area contributed by atoms with Crippen LogP contribution >= 0.6 is 11.3 Å². The molecule has 0 saturated heterocycles. The third kappa shape index (κ3) is 2.09. The molecule has 0 atom stereocenters. The summed E-state index contributed by atoms with van der Waals surface area (Å²) in [7, 11) is 0. The molecule has 2 aromatic heterocycles. The summed E-state index contributed by atoms with van der Waals surface area (Å²) in [5, 5.41) is 0. The van der Waals surface area contributed by atoms with E-state index in [0.717, 1.165) is 16.9 Å². The smallest absolute Gasteiger partial charge is 0.269 e. The summed E-state index contributed by atoms with van der Waals surface area (Å²) >= 11 is 1.10. The fraction of sp³-hybridized carbons (Fsp3) is 0.176. The maximum Gasteiger partial charge on any atom is 0.279 e. The number of benzene rings is 1. The van der Waals surface area contributed by atoms with Crippen LogP contribution in [0.1, 0.15) is 38.3 Å². The average molecular weight is 339 g/mol. The molecular weight excluding hydrogens is 326 g/mol. The number of amides is 2. The Balaban J connectivity index is 1.81. The first kappa shape index (κ1) is 14.8. The van der Waals surface area contributed by atoms with E-state index >= 15 is 0 Å². The van der Waals surface area contributed by atoms with Crippen molar-refractivity contribution < 1.29 is 9.59 Å². The Hall–Kier alpha value is -2.80. The van der Waals surface area contributed by atoms with Crippen LogP contribution in [-0.2, 0) is 13.0 Å². The molecule has 0 saturated carbocycles. The molecule has 0 unspecified atom stereocenters. The summed E-state index contributed by atoms with van der Waals surface area (Å²) in [5.41, 5.74) is 1.33. The number of aromatic nitrogens is 2. The van der Waals surface area contributed by atoms with E-state index in [0.29, 0.717) is 17.1 Å². The fourth-order valence-electron chi connectivity index (χ4n) is 2.79. The van der Waals surface area contributed by atoms with Gasteiger partial charge in [-0.2, -0.15) is 0 Å². The van der Waals surface area contributed by atoms with Gasteiger partial charge in [-0.1, -0.05) is 48.6 Å². The highest BCUT2D eigenvalue weighted by Crippen LogP contribution is 2.30. The number of thiazole rings is 1. The molecule has 4 rings (SSSR count). The van der Waals surface area contributed by atoms with Crippen LogP contribution in [-0.4, -0.2) is 26.1 Å². The molecule has 0 radical (unpaired) electrons. The van der Waals surface area contributed by atoms with Gasteiger partial charge in [0.2, 0.25) is 0 Å². The van der Waals surface area contributed by atoms with Crippen LogP contribution in [0.5, 0.6) is 0 Å². The Morgan fingerprint density at radius 2 is 1.83 bits per heavy atom. The summed E-state index contributed by atoms with van der Waals surface area (Å²) in [6.07, 6.45) is 0.621. The first-order chi connectivity index (χ1) is 11.6. The van der Waals surface area contributed by atoms with E-state index in [1.165, 1.54) is 15.4 Å². The maximum atomic E-state index is 12.7. The Morgan fingerprint density at radius 3 is 2.54 bits per heavy atom. The van der Waals surface area contributed by atoms with Crippen molar-refractivity contribution in [1.82, 2.24) is 14.3 Å². The molecule has 1 aliphatic rings. The van der Waals surface area contributed by atoms with Crippen LogP contribution in [0.3, 0.4) is 0 Å². The Bertz CT molecular complexity index is 1040. The second kappa shape index (κ2) is 5.38. The van der Waals surface area contributed by atoms with E-state index in [1.807, 2.05) is 37.3 Å². The van der Waals surface area contributed by atoms with Crippen molar-refractivity contribution in [3.05, 3.63) is 68.6 Å². The molecule has 24 heavy (non-hydrogen) atoms. The van der Waals surface area contributed by atoms with E-state index < -0.39 is 5.91 Å². The Kier molecular flexibility index (Phi) is 3.31. The molecule has 3 aromatic rings. The van der Waals surface area contributed by atoms with Crippen LogP contribution in [0, 0.1) is 0 Å². The maximum absolute atomic E-state index is 12.7. The molecule has 0 spiro atoms. The number of carbonyl (C=O) groups is 2. The van der Waals surface area contributed by atoms with Crippen molar-refractivity contribution in [2.75, 3.05) is 0 Å². The van der Waals surface area contributed by atoms with Gasteiger partial charge >= 0.3 is 0 Å². The first-order valence-corrected chi connectivity index (χ1v) is 8.37. The highest BCUT2D eigenvalue weighted by Gasteiger charge is 2.40. The average Bonchev–Trinajstić information content (AvgIpc) is 3.08. The number of hydrogen-bond acceptors (Lipinski definition) is 5. The fourth-order valence-corrected chi connectivity index (χ4v) is 3.88. The second-order valence-corrected chi connectivity index (χ2v) is 6.50. The Labute approximate surface area is 141 Å². The van der Waals surface area contributed by atoms with Crippen molar-refractivity contribution >= 4 is 28.1 Å². The van der Waals surface area contributed by atoms with Crippen molar-refractivity contribution in [2.24, 2.45) is 0 Å². The molecule has 0 aliphatic carbocycles. The van der Waals surface area contributed by atoms with E-state index in [1.54, 1.807) is 0 Å². The standard InChI is InChI=1S/C17H13N3O3S/c1-2-11-8-12(21)20-13-14(24-17(20)18-11)16(23)19(15(13)22)9-10-6-4-3-5-7-10/h3-8H,2,9H2,1H3. The van der Waals surface area contributed by atoms with Crippen LogP contribution in [0.25, 0.3) is 4.96 Å². The SMILES string of the molecule is CCc1cc(=O)n2c3c(sc2n1)C(=O)N(Cc1ccccc1)C3=O. The molecule has 0 N–H and O–H groups in total. The largest absolute Gasteiger partial charge is 0.279 e. The zero-order chi connectivity index (χ0) is 16.8. The Morgan fingerprint density at radius 1 is 1.08 bits per heavy atom. The number of hydrogen-bond donors (Lipinski definition) is 0. The van der Waals surface area contributed by atoms with Crippen molar-refractivity contribution in [1.29, 1.82) is 0 Å². The van der Waals surface area contributed by atoms with Crippen molar-refractivity contribution in [3.63, 3.8) is 0 Å². The monoisotopic (exact) mass is 339 g/mol. The van der Waals surface area contributed by atoms with E-state index in [4.69, 9.17) is 0 Å². The summed E-state index contributed by atoms with van der Waals surface area (Å²) < 4.78 is 1.25. The van der Waals surface area contributed by atoms with Gasteiger partial charge in [-0.05, 0) is 12.0 Å². The van der Waals surface area contributed by atoms with Crippen LogP contribution in [0.4, 0.5) is 0 Å². The summed E-state index contributed by atoms with van der Waals surface area (Å²) in [6, 6.07) is 10.7. The third-order valence-corrected chi connectivity index (χ3v) is 5.03. The number of imide groups is 1. The van der Waals surface area contributed by atoms with Gasteiger partial charge in [-0.15, -0.1) is 0 Å². The summed E-state index contributed by atoms with van der Waals surface area (Å²) in [4.78, 5) is 43.9. The van der Waals surface area contributed by atoms with E-state index in [2.05, 4.69) is 4.98 Å². The van der Waals surface area contributed by atoms with Gasteiger partial charge in [0.05, 0.1) is 6.54 Å². The zero-order valence-corrected chi connectivity index (χ0v) is 13.7. The van der Waals surface area contributed by atoms with Gasteiger partial charge in [0.25, 0.3) is 17.4 Å². The molecule has 120 valence electrons. The minimum absolute atomic E-state index is 0.135. The van der Waals surface area contributed by atoms with Gasteiger partial charge < -0.3 is 0 Å². The lowest BCUT2D eigenvalue weighted by Gasteiger charge is -2.14. The van der Waals surface area contributed by atoms with Gasteiger partial charge in [0, 0.05) is 11.8 Å². The molecule has 7 heteroatoms. The minimum atomic E-state index is -0.446. The minimum Gasteiger partial charge on any atom is -0.269 e. The van der Waals surface area contributed by atoms with Gasteiger partial charge in [-0.3, -0.25) is 19.3 Å². The number of aryl methyl sites for hydroxylation is 1.